The molecule has 1 aliphatic heterocycles. The molecule has 1 amide bonds. The van der Waals surface area contributed by atoms with Gasteiger partial charge in [0.05, 0.1) is 12.2 Å². The Labute approximate surface area is 107 Å². The summed E-state index contributed by atoms with van der Waals surface area (Å²) in [6, 6.07) is 9.30. The van der Waals surface area contributed by atoms with Crippen molar-refractivity contribution in [3.63, 3.8) is 0 Å². The monoisotopic (exact) mass is 267 g/mol. The highest BCUT2D eigenvalue weighted by molar-refractivity contribution is 7.84. The molecule has 5 nitrogen and oxygen atoms in total. The highest BCUT2D eigenvalue weighted by Crippen LogP contribution is 2.23. The van der Waals surface area contributed by atoms with Gasteiger partial charge in [0.1, 0.15) is 11.9 Å². The molecule has 1 fully saturated rings. The number of carbonyl (C=O) groups is 2. The molecule has 1 aliphatic rings. The van der Waals surface area contributed by atoms with Crippen molar-refractivity contribution in [2.75, 3.05) is 6.54 Å². The lowest BCUT2D eigenvalue weighted by Gasteiger charge is -2.38. The number of nitrogens with zero attached hydrogens (tertiary/aromatic N) is 1. The summed E-state index contributed by atoms with van der Waals surface area (Å²) in [5.41, 5.74) is 0.922. The van der Waals surface area contributed by atoms with Gasteiger partial charge in [0.25, 0.3) is 0 Å². The van der Waals surface area contributed by atoms with Crippen molar-refractivity contribution in [2.45, 2.75) is 17.5 Å². The molecule has 1 heterocycles. The van der Waals surface area contributed by atoms with Crippen LogP contribution in [0.25, 0.3) is 0 Å². The van der Waals surface area contributed by atoms with Crippen LogP contribution in [-0.4, -0.2) is 38.0 Å². The van der Waals surface area contributed by atoms with Crippen LogP contribution in [0.15, 0.2) is 30.3 Å². The Bertz CT molecular complexity index is 488. The molecule has 18 heavy (non-hydrogen) atoms. The maximum atomic E-state index is 12.1. The van der Waals surface area contributed by atoms with E-state index in [-0.39, 0.29) is 18.9 Å². The molecular weight excluding hydrogens is 254 g/mol. The number of rotatable bonds is 5. The highest BCUT2D eigenvalue weighted by Gasteiger charge is 2.41. The van der Waals surface area contributed by atoms with E-state index in [9.17, 15) is 13.8 Å². The smallest absolute Gasteiger partial charge is 0.323 e. The Morgan fingerprint density at radius 1 is 1.39 bits per heavy atom. The molecule has 0 saturated carbocycles. The van der Waals surface area contributed by atoms with E-state index in [0.29, 0.717) is 5.75 Å². The van der Waals surface area contributed by atoms with Gasteiger partial charge in [-0.25, -0.2) is 0 Å². The summed E-state index contributed by atoms with van der Waals surface area (Å²) in [5, 5.41) is 8.20. The maximum absolute atomic E-state index is 12.1. The molecule has 0 aliphatic carbocycles. The second-order valence-electron chi connectivity index (χ2n) is 4.08. The van der Waals surface area contributed by atoms with E-state index in [1.54, 1.807) is 0 Å². The number of carbonyl (C=O) groups excluding carboxylic acids is 1. The van der Waals surface area contributed by atoms with Gasteiger partial charge in [-0.05, 0) is 5.56 Å². The van der Waals surface area contributed by atoms with Gasteiger partial charge in [0.2, 0.25) is 5.91 Å². The van der Waals surface area contributed by atoms with Crippen LogP contribution in [0.4, 0.5) is 0 Å². The van der Waals surface area contributed by atoms with Gasteiger partial charge in [-0.3, -0.25) is 13.8 Å². The lowest BCUT2D eigenvalue weighted by atomic mass is 10.2. The Balaban J connectivity index is 1.98. The summed E-state index contributed by atoms with van der Waals surface area (Å²) in [6.07, 6.45) is 0.173. The molecule has 96 valence electrons. The van der Waals surface area contributed by atoms with E-state index in [1.165, 1.54) is 4.90 Å². The molecule has 0 aromatic heterocycles. The summed E-state index contributed by atoms with van der Waals surface area (Å²) in [6.45, 7) is -0.371. The largest absolute Gasteiger partial charge is 0.480 e. The van der Waals surface area contributed by atoms with Gasteiger partial charge in [0, 0.05) is 10.8 Å². The lowest BCUT2D eigenvalue weighted by Crippen LogP contribution is -2.56. The minimum Gasteiger partial charge on any atom is -0.480 e. The van der Waals surface area contributed by atoms with Crippen LogP contribution in [0.3, 0.4) is 0 Å². The first-order chi connectivity index (χ1) is 8.58. The number of β-lactam (4-membered cyclic amide) rings is 1. The molecule has 1 unspecified atom stereocenters. The van der Waals surface area contributed by atoms with Crippen molar-refractivity contribution >= 4 is 22.7 Å². The highest BCUT2D eigenvalue weighted by atomic mass is 32.2. The summed E-state index contributed by atoms with van der Waals surface area (Å²) in [4.78, 5) is 23.0. The van der Waals surface area contributed by atoms with Crippen molar-refractivity contribution in [3.8, 4) is 0 Å². The zero-order valence-electron chi connectivity index (χ0n) is 9.61. The third-order valence-electron chi connectivity index (χ3n) is 2.78. The minimum atomic E-state index is -1.25. The van der Waals surface area contributed by atoms with Gasteiger partial charge in [0.15, 0.2) is 0 Å². The number of likely N-dealkylation sites (tertiary alicyclic amines) is 1. The molecule has 2 atom stereocenters. The van der Waals surface area contributed by atoms with Crippen molar-refractivity contribution in [1.29, 1.82) is 0 Å². The van der Waals surface area contributed by atoms with E-state index < -0.39 is 22.1 Å². The quantitative estimate of drug-likeness (QED) is 0.792. The van der Waals surface area contributed by atoms with Gasteiger partial charge in [-0.1, -0.05) is 30.3 Å². The predicted octanol–water partition coefficient (Wildman–Crippen LogP) is 0.578. The number of carboxylic acids is 1. The first-order valence-corrected chi connectivity index (χ1v) is 6.88. The van der Waals surface area contributed by atoms with Crippen molar-refractivity contribution in [1.82, 2.24) is 4.90 Å². The summed E-state index contributed by atoms with van der Waals surface area (Å²) in [5.74, 6) is -0.983. The average molecular weight is 267 g/mol. The van der Waals surface area contributed by atoms with E-state index >= 15 is 0 Å². The molecule has 1 saturated heterocycles. The van der Waals surface area contributed by atoms with Crippen LogP contribution in [0.1, 0.15) is 12.0 Å². The second-order valence-corrected chi connectivity index (χ2v) is 5.68. The van der Waals surface area contributed by atoms with Gasteiger partial charge in [-0.2, -0.15) is 0 Å². The van der Waals surface area contributed by atoms with Crippen LogP contribution < -0.4 is 0 Å². The molecule has 0 spiro atoms. The number of carboxylic acid groups (broad SMARTS) is 1. The summed E-state index contributed by atoms with van der Waals surface area (Å²) < 4.78 is 12.1. The molecule has 2 rings (SSSR count). The van der Waals surface area contributed by atoms with Gasteiger partial charge >= 0.3 is 5.97 Å². The molecule has 0 bridgehead atoms. The Kier molecular flexibility index (Phi) is 3.76. The first kappa shape index (κ1) is 12.8. The number of hydrogen-bond acceptors (Lipinski definition) is 3. The minimum absolute atomic E-state index is 0.173. The summed E-state index contributed by atoms with van der Waals surface area (Å²) >= 11 is 0. The fraction of sp³-hybridized carbons (Fsp3) is 0.333. The van der Waals surface area contributed by atoms with Crippen molar-refractivity contribution in [3.05, 3.63) is 35.9 Å². The Morgan fingerprint density at radius 3 is 2.61 bits per heavy atom. The van der Waals surface area contributed by atoms with Crippen molar-refractivity contribution in [2.24, 2.45) is 0 Å². The fourth-order valence-electron chi connectivity index (χ4n) is 1.83. The normalized spacial score (nSPS) is 20.3. The van der Waals surface area contributed by atoms with E-state index in [0.717, 1.165) is 5.56 Å². The van der Waals surface area contributed by atoms with E-state index in [1.807, 2.05) is 30.3 Å². The fourth-order valence-corrected chi connectivity index (χ4v) is 3.35. The summed E-state index contributed by atoms with van der Waals surface area (Å²) in [7, 11) is -1.25. The number of aliphatic carboxylic acids is 1. The number of hydrogen-bond donors (Lipinski definition) is 1. The maximum Gasteiger partial charge on any atom is 0.323 e. The SMILES string of the molecule is O=C(O)CN1C(=O)C[C@H]1S(=O)Cc1ccccc1. The third-order valence-corrected chi connectivity index (χ3v) is 4.42. The van der Waals surface area contributed by atoms with Gasteiger partial charge < -0.3 is 10.0 Å². The topological polar surface area (TPSA) is 74.7 Å². The zero-order chi connectivity index (χ0) is 13.1. The Hall–Kier alpha value is -1.69. The lowest BCUT2D eigenvalue weighted by molar-refractivity contribution is -0.151. The van der Waals surface area contributed by atoms with Crippen molar-refractivity contribution < 1.29 is 18.9 Å². The Morgan fingerprint density at radius 2 is 2.06 bits per heavy atom. The molecule has 1 aromatic carbocycles. The standard InChI is InChI=1S/C12H13NO4S/c14-10-6-11(13(10)7-12(15)16)18(17)8-9-4-2-1-3-5-9/h1-5,11H,6-8H2,(H,15,16)/t11-,18?/m1/s1. The molecule has 1 aromatic rings. The van der Waals surface area contributed by atoms with E-state index in [4.69, 9.17) is 5.11 Å². The number of benzene rings is 1. The molecule has 6 heteroatoms. The molecular formula is C12H13NO4S. The van der Waals surface area contributed by atoms with E-state index in [2.05, 4.69) is 0 Å². The third kappa shape index (κ3) is 2.76. The van der Waals surface area contributed by atoms with Crippen LogP contribution in [-0.2, 0) is 26.1 Å². The predicted molar refractivity (Wildman–Crippen MR) is 66.0 cm³/mol. The first-order valence-electron chi connectivity index (χ1n) is 5.50. The van der Waals surface area contributed by atoms with Crippen LogP contribution in [0.2, 0.25) is 0 Å². The molecule has 0 radical (unpaired) electrons. The van der Waals surface area contributed by atoms with Crippen LogP contribution in [0.5, 0.6) is 0 Å². The average Bonchev–Trinajstić information content (AvgIpc) is 2.34. The second kappa shape index (κ2) is 5.30. The van der Waals surface area contributed by atoms with Crippen LogP contribution in [0, 0.1) is 0 Å². The number of amides is 1. The zero-order valence-corrected chi connectivity index (χ0v) is 10.4. The molecule has 1 N–H and O–H groups in total. The van der Waals surface area contributed by atoms with Gasteiger partial charge in [-0.15, -0.1) is 0 Å². The van der Waals surface area contributed by atoms with Crippen LogP contribution >= 0.6 is 0 Å².